The molecule has 0 saturated heterocycles. The Morgan fingerprint density at radius 2 is 2.00 bits per heavy atom. The van der Waals surface area contributed by atoms with Gasteiger partial charge in [-0.25, -0.2) is 0 Å². The van der Waals surface area contributed by atoms with Crippen LogP contribution in [-0.4, -0.2) is 13.9 Å². The van der Waals surface area contributed by atoms with Crippen LogP contribution in [0.3, 0.4) is 0 Å². The lowest BCUT2D eigenvalue weighted by atomic mass is 10.0. The van der Waals surface area contributed by atoms with E-state index in [1.54, 1.807) is 0 Å². The Morgan fingerprint density at radius 1 is 1.38 bits per heavy atom. The monoisotopic (exact) mass is 259 g/mol. The third-order valence-electron chi connectivity index (χ3n) is 2.42. The highest BCUT2D eigenvalue weighted by atomic mass is 32.2. The van der Waals surface area contributed by atoms with Gasteiger partial charge in [-0.05, 0) is 31.3 Å². The zero-order valence-electron chi connectivity index (χ0n) is 8.75. The number of alkyl halides is 3. The molecule has 0 N–H and O–H groups in total. The lowest BCUT2D eigenvalue weighted by Gasteiger charge is -2.11. The summed E-state index contributed by atoms with van der Waals surface area (Å²) >= 11 is 0. The Bertz CT molecular complexity index is 370. The molecule has 3 nitrogen and oxygen atoms in total. The van der Waals surface area contributed by atoms with Crippen molar-refractivity contribution < 1.29 is 25.8 Å². The smallest absolute Gasteiger partial charge is 0.381 e. The maximum absolute atomic E-state index is 12.0. The van der Waals surface area contributed by atoms with Crippen molar-refractivity contribution in [1.82, 2.24) is 0 Å². The molecule has 0 radical (unpaired) electrons. The molecular weight excluding hydrogens is 246 g/mol. The van der Waals surface area contributed by atoms with Gasteiger partial charge in [-0.3, -0.25) is 0 Å². The number of rotatable bonds is 2. The van der Waals surface area contributed by atoms with Gasteiger partial charge in [0, 0.05) is 6.42 Å². The Kier molecular flexibility index (Phi) is 3.88. The van der Waals surface area contributed by atoms with Gasteiger partial charge in [0.2, 0.25) is 0 Å². The van der Waals surface area contributed by atoms with Crippen molar-refractivity contribution >= 4 is 10.1 Å². The Balaban J connectivity index is 2.71. The fraction of sp³-hybridized carbons (Fsp3) is 0.778. The molecule has 0 aromatic rings. The molecule has 0 aliphatic heterocycles. The molecule has 16 heavy (non-hydrogen) atoms. The molecule has 0 amide bonds. The number of hydrogen-bond donors (Lipinski definition) is 0. The minimum absolute atomic E-state index is 0.0957. The first-order valence-corrected chi connectivity index (χ1v) is 6.33. The number of hydrogen-bond acceptors (Lipinski definition) is 3. The first kappa shape index (κ1) is 13.3. The van der Waals surface area contributed by atoms with Crippen molar-refractivity contribution in [2.75, 3.05) is 0 Å². The van der Waals surface area contributed by atoms with E-state index in [0.29, 0.717) is 18.8 Å². The molecule has 7 heteroatoms. The van der Waals surface area contributed by atoms with Crippen molar-refractivity contribution in [3.05, 3.63) is 11.8 Å². The largest absolute Gasteiger partial charge is 0.534 e. The van der Waals surface area contributed by atoms with E-state index in [2.05, 4.69) is 4.18 Å². The molecule has 1 unspecified atom stereocenters. The molecule has 0 spiro atoms. The highest BCUT2D eigenvalue weighted by Gasteiger charge is 2.48. The van der Waals surface area contributed by atoms with Gasteiger partial charge >= 0.3 is 15.6 Å². The van der Waals surface area contributed by atoms with Crippen LogP contribution in [0.15, 0.2) is 11.8 Å². The summed E-state index contributed by atoms with van der Waals surface area (Å²) < 4.78 is 61.6. The fourth-order valence-corrected chi connectivity index (χ4v) is 1.96. The van der Waals surface area contributed by atoms with Crippen molar-refractivity contribution in [3.8, 4) is 0 Å². The summed E-state index contributed by atoms with van der Waals surface area (Å²) in [6, 6.07) is 0. The molecular formula is C9H13F3O3S. The normalized spacial score (nSPS) is 23.5. The minimum atomic E-state index is -5.50. The molecule has 0 heterocycles. The van der Waals surface area contributed by atoms with Crippen LogP contribution in [0.25, 0.3) is 0 Å². The van der Waals surface area contributed by atoms with Gasteiger partial charge in [-0.2, -0.15) is 21.6 Å². The van der Waals surface area contributed by atoms with Gasteiger partial charge in [0.15, 0.2) is 0 Å². The molecule has 1 rings (SSSR count). The third kappa shape index (κ3) is 3.40. The van der Waals surface area contributed by atoms with E-state index >= 15 is 0 Å². The third-order valence-corrected chi connectivity index (χ3v) is 3.42. The van der Waals surface area contributed by atoms with Crippen molar-refractivity contribution in [2.45, 2.75) is 38.1 Å². The second-order valence-electron chi connectivity index (χ2n) is 3.87. The Labute approximate surface area is 92.4 Å². The van der Waals surface area contributed by atoms with Gasteiger partial charge in [0.1, 0.15) is 5.76 Å². The summed E-state index contributed by atoms with van der Waals surface area (Å²) in [7, 11) is -5.50. The summed E-state index contributed by atoms with van der Waals surface area (Å²) in [6.07, 6.45) is 3.67. The van der Waals surface area contributed by atoms with E-state index in [1.165, 1.54) is 6.08 Å². The van der Waals surface area contributed by atoms with Gasteiger partial charge in [-0.15, -0.1) is 0 Å². The number of allylic oxidation sites excluding steroid dienone is 2. The lowest BCUT2D eigenvalue weighted by molar-refractivity contribution is -0.0523. The zero-order chi connectivity index (χ0) is 12.4. The topological polar surface area (TPSA) is 43.4 Å². The van der Waals surface area contributed by atoms with E-state index in [-0.39, 0.29) is 12.2 Å². The molecule has 1 atom stereocenters. The van der Waals surface area contributed by atoms with Crippen LogP contribution in [0.4, 0.5) is 13.2 Å². The quantitative estimate of drug-likeness (QED) is 0.435. The predicted molar refractivity (Wildman–Crippen MR) is 51.8 cm³/mol. The first-order chi connectivity index (χ1) is 7.22. The molecule has 0 aromatic carbocycles. The Hall–Kier alpha value is -0.720. The molecule has 94 valence electrons. The van der Waals surface area contributed by atoms with Crippen molar-refractivity contribution in [3.63, 3.8) is 0 Å². The van der Waals surface area contributed by atoms with Crippen LogP contribution in [0.5, 0.6) is 0 Å². The van der Waals surface area contributed by atoms with E-state index < -0.39 is 15.6 Å². The van der Waals surface area contributed by atoms with Gasteiger partial charge in [0.25, 0.3) is 0 Å². The zero-order valence-corrected chi connectivity index (χ0v) is 9.57. The first-order valence-electron chi connectivity index (χ1n) is 4.92. The van der Waals surface area contributed by atoms with Crippen LogP contribution in [0.2, 0.25) is 0 Å². The fourth-order valence-electron chi connectivity index (χ4n) is 1.43. The highest BCUT2D eigenvalue weighted by molar-refractivity contribution is 7.87. The summed E-state index contributed by atoms with van der Waals surface area (Å²) in [5.74, 6) is 0.271. The second kappa shape index (κ2) is 4.65. The molecule has 0 aromatic heterocycles. The van der Waals surface area contributed by atoms with Gasteiger partial charge < -0.3 is 4.18 Å². The Morgan fingerprint density at radius 3 is 2.56 bits per heavy atom. The van der Waals surface area contributed by atoms with Crippen molar-refractivity contribution in [2.24, 2.45) is 5.92 Å². The van der Waals surface area contributed by atoms with Gasteiger partial charge in [0.05, 0.1) is 0 Å². The summed E-state index contributed by atoms with van der Waals surface area (Å²) in [5, 5.41) is 0. The van der Waals surface area contributed by atoms with E-state index in [4.69, 9.17) is 0 Å². The van der Waals surface area contributed by atoms with E-state index in [1.807, 2.05) is 6.92 Å². The van der Waals surface area contributed by atoms with Crippen LogP contribution in [-0.2, 0) is 14.3 Å². The summed E-state index contributed by atoms with van der Waals surface area (Å²) in [5.41, 5.74) is -5.36. The van der Waals surface area contributed by atoms with E-state index in [9.17, 15) is 21.6 Å². The second-order valence-corrected chi connectivity index (χ2v) is 5.41. The standard InChI is InChI=1S/C9H13F3O3S/c1-7-3-2-4-8(6-5-7)15-16(13,14)9(10,11)12/h4,7H,2-3,5-6H2,1H3/i4+1. The summed E-state index contributed by atoms with van der Waals surface area (Å²) in [6.45, 7) is 1.97. The van der Waals surface area contributed by atoms with Crippen LogP contribution < -0.4 is 0 Å². The lowest BCUT2D eigenvalue weighted by Crippen LogP contribution is -2.25. The minimum Gasteiger partial charge on any atom is -0.381 e. The highest BCUT2D eigenvalue weighted by Crippen LogP contribution is 2.30. The summed E-state index contributed by atoms with van der Waals surface area (Å²) in [4.78, 5) is 0. The molecule has 0 saturated carbocycles. The average molecular weight is 259 g/mol. The van der Waals surface area contributed by atoms with Crippen LogP contribution in [0.1, 0.15) is 32.6 Å². The van der Waals surface area contributed by atoms with Gasteiger partial charge in [-0.1, -0.05) is 6.92 Å². The van der Waals surface area contributed by atoms with Crippen molar-refractivity contribution in [1.29, 1.82) is 0 Å². The number of halogens is 3. The molecule has 1 aliphatic carbocycles. The SMILES string of the molecule is CC1CC[13CH]=C(OS(=O)(=O)C(F)(F)F)CC1. The molecule has 0 bridgehead atoms. The maximum Gasteiger partial charge on any atom is 0.534 e. The van der Waals surface area contributed by atoms with Crippen LogP contribution >= 0.6 is 0 Å². The predicted octanol–water partition coefficient (Wildman–Crippen LogP) is 2.95. The average Bonchev–Trinajstić information content (AvgIpc) is 2.28. The molecule has 0 fully saturated rings. The van der Waals surface area contributed by atoms with E-state index in [0.717, 1.165) is 6.42 Å². The molecule has 1 aliphatic rings. The maximum atomic E-state index is 12.0. The van der Waals surface area contributed by atoms with Crippen LogP contribution in [0, 0.1) is 5.92 Å².